The maximum absolute atomic E-state index is 13.6. The van der Waals surface area contributed by atoms with Crippen molar-refractivity contribution in [3.05, 3.63) is 33.8 Å². The molecule has 11 nitrogen and oxygen atoms in total. The van der Waals surface area contributed by atoms with Gasteiger partial charge >= 0.3 is 0 Å². The Morgan fingerprint density at radius 3 is 2.54 bits per heavy atom. The van der Waals surface area contributed by atoms with Crippen LogP contribution in [0.15, 0.2) is 16.8 Å². The summed E-state index contributed by atoms with van der Waals surface area (Å²) < 4.78 is 13.2. The number of thiophene rings is 1. The maximum atomic E-state index is 13.6. The largest absolute Gasteiger partial charge is 0.495 e. The number of nitrogens with zero attached hydrogens (tertiary/aromatic N) is 3. The number of pyridine rings is 1. The first kappa shape index (κ1) is 28.4. The number of ether oxygens (including phenoxy) is 2. The average Bonchev–Trinajstić information content (AvgIpc) is 3.50. The van der Waals surface area contributed by atoms with Crippen molar-refractivity contribution in [1.29, 1.82) is 0 Å². The molecule has 12 heteroatoms. The standard InChI is InChI=1S/C27H35N5O6S/c1-6-19-20(30-26(35)18-13-39-14-21(18)37-5)11-17-24(38-15(2)3)23(31(4)25(17)29-19)27(36)28-16-7-9-32(10-8-16)22(34)12-33/h11,13-16,33H,6-10,12H2,1-5H3,(H,28,36)(H,30,35). The first-order valence-electron chi connectivity index (χ1n) is 13.0. The van der Waals surface area contributed by atoms with Crippen LogP contribution in [0.2, 0.25) is 0 Å². The zero-order valence-corrected chi connectivity index (χ0v) is 23.7. The van der Waals surface area contributed by atoms with Crippen LogP contribution in [0.4, 0.5) is 5.69 Å². The molecule has 0 aromatic carbocycles. The van der Waals surface area contributed by atoms with Gasteiger partial charge in [-0.1, -0.05) is 6.92 Å². The number of aliphatic hydroxyl groups excluding tert-OH is 1. The number of hydrogen-bond donors (Lipinski definition) is 3. The minimum Gasteiger partial charge on any atom is -0.495 e. The number of anilines is 1. The third-order valence-electron chi connectivity index (χ3n) is 6.75. The van der Waals surface area contributed by atoms with E-state index in [2.05, 4.69) is 10.6 Å². The van der Waals surface area contributed by atoms with Gasteiger partial charge in [0.05, 0.1) is 35.5 Å². The monoisotopic (exact) mass is 557 g/mol. The number of carbonyl (C=O) groups is 3. The van der Waals surface area contributed by atoms with Gasteiger partial charge in [-0.15, -0.1) is 11.3 Å². The Balaban J connectivity index is 1.67. The molecule has 1 saturated heterocycles. The van der Waals surface area contributed by atoms with Gasteiger partial charge in [-0.25, -0.2) is 4.98 Å². The topological polar surface area (TPSA) is 135 Å². The number of hydrogen-bond acceptors (Lipinski definition) is 8. The molecule has 0 atom stereocenters. The highest BCUT2D eigenvalue weighted by molar-refractivity contribution is 7.08. The SMILES string of the molecule is CCc1nc2c(cc1NC(=O)c1cscc1OC)c(OC(C)C)c(C(=O)NC1CCN(C(=O)CO)CC1)n2C. The summed E-state index contributed by atoms with van der Waals surface area (Å²) in [7, 11) is 3.29. The number of aryl methyl sites for hydroxylation is 2. The molecule has 39 heavy (non-hydrogen) atoms. The number of piperidine rings is 1. The normalized spacial score (nSPS) is 14.1. The number of rotatable bonds is 9. The molecule has 0 spiro atoms. The van der Waals surface area contributed by atoms with E-state index in [1.54, 1.807) is 27.3 Å². The van der Waals surface area contributed by atoms with E-state index in [1.165, 1.54) is 18.4 Å². The molecule has 0 aliphatic carbocycles. The fourth-order valence-corrected chi connectivity index (χ4v) is 5.54. The molecule has 1 fully saturated rings. The van der Waals surface area contributed by atoms with Gasteiger partial charge in [0.15, 0.2) is 11.4 Å². The Bertz CT molecular complexity index is 1370. The predicted molar refractivity (Wildman–Crippen MR) is 149 cm³/mol. The molecule has 3 N–H and O–H groups in total. The van der Waals surface area contributed by atoms with Crippen molar-refractivity contribution in [2.45, 2.75) is 52.2 Å². The van der Waals surface area contributed by atoms with Crippen molar-refractivity contribution >= 4 is 45.8 Å². The van der Waals surface area contributed by atoms with Gasteiger partial charge in [-0.05, 0) is 39.2 Å². The van der Waals surface area contributed by atoms with Gasteiger partial charge < -0.3 is 34.7 Å². The number of carbonyl (C=O) groups excluding carboxylic acids is 3. The molecule has 1 aliphatic heterocycles. The molecule has 4 rings (SSSR count). The number of likely N-dealkylation sites (tertiary alicyclic amines) is 1. The van der Waals surface area contributed by atoms with Crippen molar-refractivity contribution in [3.63, 3.8) is 0 Å². The molecule has 3 aromatic heterocycles. The number of fused-ring (bicyclic) bond motifs is 1. The van der Waals surface area contributed by atoms with E-state index in [-0.39, 0.29) is 29.9 Å². The maximum Gasteiger partial charge on any atom is 0.272 e. The van der Waals surface area contributed by atoms with Crippen LogP contribution in [0.5, 0.6) is 11.5 Å². The lowest BCUT2D eigenvalue weighted by Crippen LogP contribution is -2.47. The van der Waals surface area contributed by atoms with Crippen molar-refractivity contribution in [2.24, 2.45) is 7.05 Å². The molecule has 4 heterocycles. The highest BCUT2D eigenvalue weighted by Gasteiger charge is 2.29. The van der Waals surface area contributed by atoms with Crippen molar-refractivity contribution < 1.29 is 29.0 Å². The molecule has 0 radical (unpaired) electrons. The Hall–Kier alpha value is -3.64. The minimum absolute atomic E-state index is 0.125. The summed E-state index contributed by atoms with van der Waals surface area (Å²) in [5, 5.41) is 19.3. The minimum atomic E-state index is -0.515. The van der Waals surface area contributed by atoms with Crippen LogP contribution in [0.1, 0.15) is 60.2 Å². The third-order valence-corrected chi connectivity index (χ3v) is 7.48. The highest BCUT2D eigenvalue weighted by atomic mass is 32.1. The molecule has 3 aromatic rings. The van der Waals surface area contributed by atoms with Crippen molar-refractivity contribution in [2.75, 3.05) is 32.1 Å². The van der Waals surface area contributed by atoms with E-state index in [1.807, 2.05) is 26.8 Å². The Labute approximate surface area is 231 Å². The quantitative estimate of drug-likeness (QED) is 0.368. The average molecular weight is 558 g/mol. The molecule has 0 bridgehead atoms. The highest BCUT2D eigenvalue weighted by Crippen LogP contribution is 2.36. The third kappa shape index (κ3) is 5.86. The number of methoxy groups -OCH3 is 1. The first-order chi connectivity index (χ1) is 18.7. The molecule has 3 amide bonds. The molecular weight excluding hydrogens is 522 g/mol. The number of aliphatic hydroxyl groups is 1. The Morgan fingerprint density at radius 1 is 1.21 bits per heavy atom. The molecule has 0 unspecified atom stereocenters. The fourth-order valence-electron chi connectivity index (χ4n) is 4.76. The summed E-state index contributed by atoms with van der Waals surface area (Å²) in [6, 6.07) is 1.69. The van der Waals surface area contributed by atoms with Crippen LogP contribution in [0.3, 0.4) is 0 Å². The van der Waals surface area contributed by atoms with Crippen molar-refractivity contribution in [1.82, 2.24) is 19.8 Å². The second-order valence-corrected chi connectivity index (χ2v) is 10.4. The van der Waals surface area contributed by atoms with Gasteiger partial charge in [0, 0.05) is 36.9 Å². The zero-order chi connectivity index (χ0) is 28.3. The summed E-state index contributed by atoms with van der Waals surface area (Å²) in [4.78, 5) is 44.8. The molecule has 0 saturated carbocycles. The van der Waals surface area contributed by atoms with Crippen LogP contribution < -0.4 is 20.1 Å². The van der Waals surface area contributed by atoms with Crippen LogP contribution in [-0.4, -0.2) is 76.2 Å². The van der Waals surface area contributed by atoms with Gasteiger partial charge in [0.25, 0.3) is 11.8 Å². The molecule has 1 aliphatic rings. The van der Waals surface area contributed by atoms with E-state index in [4.69, 9.17) is 19.6 Å². The van der Waals surface area contributed by atoms with E-state index in [0.29, 0.717) is 77.5 Å². The lowest BCUT2D eigenvalue weighted by Gasteiger charge is -2.32. The molecular formula is C27H35N5O6S. The van der Waals surface area contributed by atoms with Crippen LogP contribution >= 0.6 is 11.3 Å². The lowest BCUT2D eigenvalue weighted by atomic mass is 10.0. The summed E-state index contributed by atoms with van der Waals surface area (Å²) in [5.41, 5.74) is 2.56. The summed E-state index contributed by atoms with van der Waals surface area (Å²) in [6.45, 7) is 6.13. The van der Waals surface area contributed by atoms with Gasteiger partial charge in [0.1, 0.15) is 18.0 Å². The van der Waals surface area contributed by atoms with Crippen LogP contribution in [0, 0.1) is 0 Å². The Kier molecular flexibility index (Phi) is 8.76. The first-order valence-corrected chi connectivity index (χ1v) is 13.9. The Morgan fingerprint density at radius 2 is 1.92 bits per heavy atom. The summed E-state index contributed by atoms with van der Waals surface area (Å²) >= 11 is 1.38. The van der Waals surface area contributed by atoms with E-state index in [0.717, 1.165) is 0 Å². The van der Waals surface area contributed by atoms with Crippen LogP contribution in [-0.2, 0) is 18.3 Å². The predicted octanol–water partition coefficient (Wildman–Crippen LogP) is 2.96. The van der Waals surface area contributed by atoms with Crippen molar-refractivity contribution in [3.8, 4) is 11.5 Å². The number of aromatic nitrogens is 2. The lowest BCUT2D eigenvalue weighted by molar-refractivity contribution is -0.135. The fraction of sp³-hybridized carbons (Fsp3) is 0.481. The number of amides is 3. The second kappa shape index (κ2) is 12.0. The zero-order valence-electron chi connectivity index (χ0n) is 22.9. The summed E-state index contributed by atoms with van der Waals surface area (Å²) in [5.74, 6) is -0.0237. The van der Waals surface area contributed by atoms with E-state index < -0.39 is 6.61 Å². The van der Waals surface area contributed by atoms with Gasteiger partial charge in [-0.2, -0.15) is 0 Å². The molecule has 210 valence electrons. The van der Waals surface area contributed by atoms with Gasteiger partial charge in [0.2, 0.25) is 5.91 Å². The van der Waals surface area contributed by atoms with Crippen LogP contribution in [0.25, 0.3) is 11.0 Å². The van der Waals surface area contributed by atoms with E-state index >= 15 is 0 Å². The number of nitrogens with one attached hydrogen (secondary N) is 2. The second-order valence-electron chi connectivity index (χ2n) is 9.71. The van der Waals surface area contributed by atoms with Gasteiger partial charge in [-0.3, -0.25) is 14.4 Å². The smallest absolute Gasteiger partial charge is 0.272 e. The van der Waals surface area contributed by atoms with E-state index in [9.17, 15) is 14.4 Å². The summed E-state index contributed by atoms with van der Waals surface area (Å²) in [6.07, 6.45) is 1.52.